The summed E-state index contributed by atoms with van der Waals surface area (Å²) >= 11 is 7.23. The van der Waals surface area contributed by atoms with Crippen LogP contribution in [0.1, 0.15) is 5.56 Å². The molecule has 1 rings (SSSR count). The average molecular weight is 255 g/mol. The van der Waals surface area contributed by atoms with E-state index in [2.05, 4.69) is 5.32 Å². The van der Waals surface area contributed by atoms with Crippen LogP contribution in [0.3, 0.4) is 0 Å². The molecule has 0 saturated carbocycles. The van der Waals surface area contributed by atoms with E-state index in [-0.39, 0.29) is 5.91 Å². The Morgan fingerprint density at radius 1 is 1.50 bits per heavy atom. The monoisotopic (exact) mass is 254 g/mol. The van der Waals surface area contributed by atoms with E-state index in [4.69, 9.17) is 16.9 Å². The summed E-state index contributed by atoms with van der Waals surface area (Å²) in [5.74, 6) is 0.553. The lowest BCUT2D eigenvalue weighted by Crippen LogP contribution is -2.24. The summed E-state index contributed by atoms with van der Waals surface area (Å²) in [6.07, 6.45) is 0. The maximum absolute atomic E-state index is 11.3. The van der Waals surface area contributed by atoms with Crippen molar-refractivity contribution in [1.29, 1.82) is 5.26 Å². The molecule has 0 aliphatic heterocycles. The van der Waals surface area contributed by atoms with E-state index in [1.54, 1.807) is 6.07 Å². The van der Waals surface area contributed by atoms with E-state index >= 15 is 0 Å². The Kier molecular flexibility index (Phi) is 5.76. The molecule has 1 aromatic rings. The standard InChI is InChI=1S/C11H11ClN2OS/c12-10-4-2-1-3-9(10)7-14-11(15)8-16-6-5-13/h1-4H,6-8H2,(H,14,15). The fourth-order valence-electron chi connectivity index (χ4n) is 1.08. The summed E-state index contributed by atoms with van der Waals surface area (Å²) in [4.78, 5) is 11.3. The zero-order chi connectivity index (χ0) is 11.8. The van der Waals surface area contributed by atoms with Crippen molar-refractivity contribution >= 4 is 29.3 Å². The highest BCUT2D eigenvalue weighted by atomic mass is 35.5. The van der Waals surface area contributed by atoms with E-state index in [9.17, 15) is 4.79 Å². The van der Waals surface area contributed by atoms with Gasteiger partial charge in [-0.25, -0.2) is 0 Å². The van der Waals surface area contributed by atoms with Gasteiger partial charge in [0, 0.05) is 11.6 Å². The van der Waals surface area contributed by atoms with Crippen LogP contribution in [-0.2, 0) is 11.3 Å². The summed E-state index contributed by atoms with van der Waals surface area (Å²) in [6, 6.07) is 9.34. The van der Waals surface area contributed by atoms with Crippen LogP contribution < -0.4 is 5.32 Å². The highest BCUT2D eigenvalue weighted by Crippen LogP contribution is 2.14. The Morgan fingerprint density at radius 2 is 2.25 bits per heavy atom. The molecular weight excluding hydrogens is 244 g/mol. The highest BCUT2D eigenvalue weighted by molar-refractivity contribution is 8.00. The number of carbonyl (C=O) groups is 1. The van der Waals surface area contributed by atoms with Gasteiger partial charge in [0.05, 0.1) is 17.6 Å². The van der Waals surface area contributed by atoms with E-state index < -0.39 is 0 Å². The minimum atomic E-state index is -0.0832. The van der Waals surface area contributed by atoms with Crippen LogP contribution in [0.25, 0.3) is 0 Å². The fourth-order valence-corrected chi connectivity index (χ4v) is 1.76. The molecule has 0 unspecified atom stereocenters. The molecule has 1 amide bonds. The Labute approximate surface area is 104 Å². The number of rotatable bonds is 5. The lowest BCUT2D eigenvalue weighted by molar-refractivity contribution is -0.118. The lowest BCUT2D eigenvalue weighted by Gasteiger charge is -2.05. The van der Waals surface area contributed by atoms with Crippen LogP contribution in [0.2, 0.25) is 5.02 Å². The number of nitrogens with zero attached hydrogens (tertiary/aromatic N) is 1. The van der Waals surface area contributed by atoms with Crippen molar-refractivity contribution in [2.45, 2.75) is 6.54 Å². The van der Waals surface area contributed by atoms with Crippen molar-refractivity contribution < 1.29 is 4.79 Å². The average Bonchev–Trinajstić information content (AvgIpc) is 2.28. The maximum atomic E-state index is 11.3. The normalized spacial score (nSPS) is 9.50. The van der Waals surface area contributed by atoms with Gasteiger partial charge in [0.2, 0.25) is 5.91 Å². The molecule has 1 aromatic carbocycles. The molecule has 0 radical (unpaired) electrons. The molecule has 0 aromatic heterocycles. The molecule has 0 aliphatic carbocycles. The van der Waals surface area contributed by atoms with Gasteiger partial charge in [-0.2, -0.15) is 5.26 Å². The van der Waals surface area contributed by atoms with E-state index in [0.29, 0.717) is 23.1 Å². The third-order valence-electron chi connectivity index (χ3n) is 1.83. The SMILES string of the molecule is N#CCSCC(=O)NCc1ccccc1Cl. The molecule has 0 aliphatic rings. The molecule has 0 bridgehead atoms. The van der Waals surface area contributed by atoms with Gasteiger partial charge in [0.15, 0.2) is 0 Å². The molecule has 16 heavy (non-hydrogen) atoms. The second-order valence-corrected chi connectivity index (χ2v) is 4.41. The highest BCUT2D eigenvalue weighted by Gasteiger charge is 2.03. The molecule has 3 nitrogen and oxygen atoms in total. The lowest BCUT2D eigenvalue weighted by atomic mass is 10.2. The van der Waals surface area contributed by atoms with Gasteiger partial charge in [0.25, 0.3) is 0 Å². The number of carbonyl (C=O) groups excluding carboxylic acids is 1. The molecule has 0 spiro atoms. The zero-order valence-corrected chi connectivity index (χ0v) is 10.1. The van der Waals surface area contributed by atoms with Gasteiger partial charge in [-0.1, -0.05) is 29.8 Å². The molecule has 5 heteroatoms. The number of thioether (sulfide) groups is 1. The predicted molar refractivity (Wildman–Crippen MR) is 66.2 cm³/mol. The molecule has 0 atom stereocenters. The van der Waals surface area contributed by atoms with Gasteiger partial charge in [-0.3, -0.25) is 4.79 Å². The van der Waals surface area contributed by atoms with Crippen molar-refractivity contribution in [3.05, 3.63) is 34.9 Å². The predicted octanol–water partition coefficient (Wildman–Crippen LogP) is 2.21. The molecular formula is C11H11ClN2OS. The number of hydrogen-bond acceptors (Lipinski definition) is 3. The van der Waals surface area contributed by atoms with E-state index in [1.165, 1.54) is 11.8 Å². The Balaban J connectivity index is 2.32. The summed E-state index contributed by atoms with van der Waals surface area (Å²) in [5.41, 5.74) is 0.891. The minimum absolute atomic E-state index is 0.0832. The van der Waals surface area contributed by atoms with Crippen molar-refractivity contribution in [2.24, 2.45) is 0 Å². The largest absolute Gasteiger partial charge is 0.351 e. The number of amides is 1. The second kappa shape index (κ2) is 7.15. The molecule has 0 saturated heterocycles. The van der Waals surface area contributed by atoms with E-state index in [1.807, 2.05) is 24.3 Å². The first-order valence-electron chi connectivity index (χ1n) is 4.69. The number of hydrogen-bond donors (Lipinski definition) is 1. The number of nitrogens with one attached hydrogen (secondary N) is 1. The summed E-state index contributed by atoms with van der Waals surface area (Å²) < 4.78 is 0. The van der Waals surface area contributed by atoms with Crippen LogP contribution in [-0.4, -0.2) is 17.4 Å². The molecule has 0 fully saturated rings. The molecule has 84 valence electrons. The van der Waals surface area contributed by atoms with Gasteiger partial charge < -0.3 is 5.32 Å². The number of nitriles is 1. The maximum Gasteiger partial charge on any atom is 0.230 e. The molecule has 1 N–H and O–H groups in total. The van der Waals surface area contributed by atoms with Crippen LogP contribution in [0.4, 0.5) is 0 Å². The first-order valence-corrected chi connectivity index (χ1v) is 6.22. The van der Waals surface area contributed by atoms with Crippen molar-refractivity contribution in [2.75, 3.05) is 11.5 Å². The topological polar surface area (TPSA) is 52.9 Å². The summed E-state index contributed by atoms with van der Waals surface area (Å²) in [6.45, 7) is 0.422. The van der Waals surface area contributed by atoms with Crippen LogP contribution in [0, 0.1) is 11.3 Å². The quantitative estimate of drug-likeness (QED) is 0.820. The summed E-state index contributed by atoms with van der Waals surface area (Å²) in [7, 11) is 0. The smallest absolute Gasteiger partial charge is 0.230 e. The number of halogens is 1. The van der Waals surface area contributed by atoms with Crippen LogP contribution >= 0.6 is 23.4 Å². The molecule has 0 heterocycles. The van der Waals surface area contributed by atoms with Gasteiger partial charge in [0.1, 0.15) is 0 Å². The van der Waals surface area contributed by atoms with Crippen LogP contribution in [0.15, 0.2) is 24.3 Å². The third-order valence-corrected chi connectivity index (χ3v) is 3.00. The third kappa shape index (κ3) is 4.56. The van der Waals surface area contributed by atoms with Gasteiger partial charge in [-0.05, 0) is 11.6 Å². The minimum Gasteiger partial charge on any atom is -0.351 e. The van der Waals surface area contributed by atoms with Crippen molar-refractivity contribution in [3.63, 3.8) is 0 Å². The van der Waals surface area contributed by atoms with Gasteiger partial charge >= 0.3 is 0 Å². The number of benzene rings is 1. The van der Waals surface area contributed by atoms with E-state index in [0.717, 1.165) is 5.56 Å². The Bertz CT molecular complexity index is 403. The Morgan fingerprint density at radius 3 is 2.94 bits per heavy atom. The van der Waals surface area contributed by atoms with Crippen molar-refractivity contribution in [1.82, 2.24) is 5.32 Å². The van der Waals surface area contributed by atoms with Crippen LogP contribution in [0.5, 0.6) is 0 Å². The fraction of sp³-hybridized carbons (Fsp3) is 0.273. The first-order chi connectivity index (χ1) is 7.74. The second-order valence-electron chi connectivity index (χ2n) is 3.02. The summed E-state index contributed by atoms with van der Waals surface area (Å²) in [5, 5.41) is 11.7. The Hall–Kier alpha value is -1.18. The first kappa shape index (κ1) is 12.9. The zero-order valence-electron chi connectivity index (χ0n) is 8.57. The van der Waals surface area contributed by atoms with Gasteiger partial charge in [-0.15, -0.1) is 11.8 Å². The van der Waals surface area contributed by atoms with Crippen molar-refractivity contribution in [3.8, 4) is 6.07 Å².